The van der Waals surface area contributed by atoms with Gasteiger partial charge in [0.1, 0.15) is 0 Å². The van der Waals surface area contributed by atoms with Gasteiger partial charge in [-0.25, -0.2) is 0 Å². The van der Waals surface area contributed by atoms with E-state index >= 15 is 0 Å². The van der Waals surface area contributed by atoms with E-state index in [2.05, 4.69) is 5.32 Å². The van der Waals surface area contributed by atoms with Crippen molar-refractivity contribution < 1.29 is 0 Å². The van der Waals surface area contributed by atoms with E-state index in [1.807, 2.05) is 0 Å². The molecule has 0 radical (unpaired) electrons. The largest absolute Gasteiger partial charge is 0.327 e. The Kier molecular flexibility index (Phi) is 3.01. The molecule has 1 atom stereocenters. The van der Waals surface area contributed by atoms with Gasteiger partial charge in [0.05, 0.1) is 0 Å². The van der Waals surface area contributed by atoms with Crippen LogP contribution in [0.15, 0.2) is 0 Å². The zero-order valence-electron chi connectivity index (χ0n) is 5.90. The van der Waals surface area contributed by atoms with Gasteiger partial charge in [-0.3, -0.25) is 0 Å². The van der Waals surface area contributed by atoms with Gasteiger partial charge in [-0.2, -0.15) is 0 Å². The molecule has 0 amide bonds. The Morgan fingerprint density at radius 2 is 2.11 bits per heavy atom. The summed E-state index contributed by atoms with van der Waals surface area (Å²) in [6.07, 6.45) is 5.20. The summed E-state index contributed by atoms with van der Waals surface area (Å²) < 4.78 is 0. The number of nitrogens with one attached hydrogen (secondary N) is 1. The molecule has 0 saturated carbocycles. The molecule has 9 heavy (non-hydrogen) atoms. The molecule has 54 valence electrons. The number of nitrogens with two attached hydrogens (primary N) is 1. The molecule has 0 aromatic heterocycles. The lowest BCUT2D eigenvalue weighted by atomic mass is 10.1. The van der Waals surface area contributed by atoms with Gasteiger partial charge >= 0.3 is 0 Å². The van der Waals surface area contributed by atoms with Crippen molar-refractivity contribution in [2.45, 2.75) is 31.7 Å². The molecule has 1 saturated heterocycles. The van der Waals surface area contributed by atoms with E-state index in [0.717, 1.165) is 13.1 Å². The lowest BCUT2D eigenvalue weighted by Gasteiger charge is -2.15. The predicted octanol–water partition coefficient (Wildman–Crippen LogP) is 0.477. The van der Waals surface area contributed by atoms with E-state index in [9.17, 15) is 0 Å². The average molecular weight is 128 g/mol. The van der Waals surface area contributed by atoms with Crippen molar-refractivity contribution in [3.63, 3.8) is 0 Å². The highest BCUT2D eigenvalue weighted by molar-refractivity contribution is 4.67. The van der Waals surface area contributed by atoms with Gasteiger partial charge in [0.2, 0.25) is 0 Å². The fourth-order valence-corrected chi connectivity index (χ4v) is 1.22. The Balaban J connectivity index is 2.12. The van der Waals surface area contributed by atoms with Crippen LogP contribution in [0.25, 0.3) is 0 Å². The summed E-state index contributed by atoms with van der Waals surface area (Å²) in [5.41, 5.74) is 5.74. The Morgan fingerprint density at radius 3 is 3.00 bits per heavy atom. The second kappa shape index (κ2) is 3.85. The number of hydrogen-bond donors (Lipinski definition) is 2. The monoisotopic (exact) mass is 128 g/mol. The van der Waals surface area contributed by atoms with Crippen molar-refractivity contribution in [3.8, 4) is 0 Å². The van der Waals surface area contributed by atoms with Gasteiger partial charge in [0.15, 0.2) is 0 Å². The first-order chi connectivity index (χ1) is 4.39. The van der Waals surface area contributed by atoms with Gasteiger partial charge in [-0.05, 0) is 19.4 Å². The van der Waals surface area contributed by atoms with Crippen LogP contribution in [0.4, 0.5) is 0 Å². The van der Waals surface area contributed by atoms with E-state index < -0.39 is 0 Å². The molecule has 2 nitrogen and oxygen atoms in total. The van der Waals surface area contributed by atoms with Crippen LogP contribution < -0.4 is 11.1 Å². The highest BCUT2D eigenvalue weighted by atomic mass is 14.9. The summed E-state index contributed by atoms with van der Waals surface area (Å²) in [5, 5.41) is 3.31. The van der Waals surface area contributed by atoms with Crippen LogP contribution in [0.2, 0.25) is 0 Å². The van der Waals surface area contributed by atoms with Crippen LogP contribution in [-0.4, -0.2) is 19.1 Å². The molecular weight excluding hydrogens is 112 g/mol. The Morgan fingerprint density at radius 1 is 1.22 bits per heavy atom. The molecule has 0 aromatic carbocycles. The standard InChI is InChI=1S/C7H16N2/c8-7-4-2-1-3-5-9-6-7/h7,9H,1-6,8H2/t7-/m0/s1. The molecule has 2 heteroatoms. The highest BCUT2D eigenvalue weighted by Crippen LogP contribution is 2.03. The summed E-state index contributed by atoms with van der Waals surface area (Å²) >= 11 is 0. The minimum absolute atomic E-state index is 0.408. The van der Waals surface area contributed by atoms with Gasteiger partial charge in [0.25, 0.3) is 0 Å². The van der Waals surface area contributed by atoms with Crippen LogP contribution in [0.3, 0.4) is 0 Å². The van der Waals surface area contributed by atoms with Crippen molar-refractivity contribution in [2.75, 3.05) is 13.1 Å². The predicted molar refractivity (Wildman–Crippen MR) is 39.3 cm³/mol. The third kappa shape index (κ3) is 2.82. The van der Waals surface area contributed by atoms with Crippen molar-refractivity contribution in [2.24, 2.45) is 5.73 Å². The first-order valence-corrected chi connectivity index (χ1v) is 3.86. The van der Waals surface area contributed by atoms with E-state index in [1.54, 1.807) is 0 Å². The summed E-state index contributed by atoms with van der Waals surface area (Å²) in [7, 11) is 0. The summed E-state index contributed by atoms with van der Waals surface area (Å²) in [5.74, 6) is 0. The van der Waals surface area contributed by atoms with E-state index in [4.69, 9.17) is 5.73 Å². The molecular formula is C7H16N2. The molecule has 1 aliphatic rings. The number of rotatable bonds is 0. The van der Waals surface area contributed by atoms with Crippen LogP contribution in [0.1, 0.15) is 25.7 Å². The molecule has 1 fully saturated rings. The second-order valence-electron chi connectivity index (χ2n) is 2.81. The topological polar surface area (TPSA) is 38.0 Å². The smallest absolute Gasteiger partial charge is 0.0165 e. The van der Waals surface area contributed by atoms with E-state index in [0.29, 0.717) is 6.04 Å². The molecule has 1 rings (SSSR count). The SMILES string of the molecule is N[C@H]1CCCCCNC1. The van der Waals surface area contributed by atoms with Crippen LogP contribution >= 0.6 is 0 Å². The summed E-state index contributed by atoms with van der Waals surface area (Å²) in [6.45, 7) is 2.17. The maximum atomic E-state index is 5.74. The maximum absolute atomic E-state index is 5.74. The quantitative estimate of drug-likeness (QED) is 0.498. The van der Waals surface area contributed by atoms with Gasteiger partial charge < -0.3 is 11.1 Å². The third-order valence-corrected chi connectivity index (χ3v) is 1.83. The highest BCUT2D eigenvalue weighted by Gasteiger charge is 2.03. The maximum Gasteiger partial charge on any atom is 0.0165 e. The minimum atomic E-state index is 0.408. The average Bonchev–Trinajstić information content (AvgIpc) is 1.79. The molecule has 1 heterocycles. The molecule has 0 bridgehead atoms. The van der Waals surface area contributed by atoms with Gasteiger partial charge in [0, 0.05) is 12.6 Å². The Bertz CT molecular complexity index is 65.3. The lowest BCUT2D eigenvalue weighted by molar-refractivity contribution is 0.467. The van der Waals surface area contributed by atoms with Crippen LogP contribution in [-0.2, 0) is 0 Å². The zero-order valence-corrected chi connectivity index (χ0v) is 5.90. The van der Waals surface area contributed by atoms with Crippen molar-refractivity contribution in [3.05, 3.63) is 0 Å². The summed E-state index contributed by atoms with van der Waals surface area (Å²) in [6, 6.07) is 0.408. The molecule has 0 spiro atoms. The van der Waals surface area contributed by atoms with Crippen molar-refractivity contribution >= 4 is 0 Å². The molecule has 0 aliphatic carbocycles. The third-order valence-electron chi connectivity index (χ3n) is 1.83. The van der Waals surface area contributed by atoms with Crippen molar-refractivity contribution in [1.29, 1.82) is 0 Å². The molecule has 0 aromatic rings. The zero-order chi connectivity index (χ0) is 6.53. The first kappa shape index (κ1) is 7.03. The van der Waals surface area contributed by atoms with Gasteiger partial charge in [-0.1, -0.05) is 12.8 Å². The minimum Gasteiger partial charge on any atom is -0.327 e. The molecule has 1 aliphatic heterocycles. The molecule has 3 N–H and O–H groups in total. The van der Waals surface area contributed by atoms with Crippen LogP contribution in [0.5, 0.6) is 0 Å². The second-order valence-corrected chi connectivity index (χ2v) is 2.81. The fourth-order valence-electron chi connectivity index (χ4n) is 1.22. The normalized spacial score (nSPS) is 31.0. The fraction of sp³-hybridized carbons (Fsp3) is 1.00. The Labute approximate surface area is 56.8 Å². The van der Waals surface area contributed by atoms with Crippen molar-refractivity contribution in [1.82, 2.24) is 5.32 Å². The van der Waals surface area contributed by atoms with E-state index in [1.165, 1.54) is 25.7 Å². The lowest BCUT2D eigenvalue weighted by Crippen LogP contribution is -2.35. The van der Waals surface area contributed by atoms with Gasteiger partial charge in [-0.15, -0.1) is 0 Å². The summed E-state index contributed by atoms with van der Waals surface area (Å²) in [4.78, 5) is 0. The molecule has 0 unspecified atom stereocenters. The van der Waals surface area contributed by atoms with E-state index in [-0.39, 0.29) is 0 Å². The van der Waals surface area contributed by atoms with Crippen LogP contribution in [0, 0.1) is 0 Å². The Hall–Kier alpha value is -0.0800. The number of hydrogen-bond acceptors (Lipinski definition) is 2. The first-order valence-electron chi connectivity index (χ1n) is 3.86.